The Morgan fingerprint density at radius 1 is 0.769 bits per heavy atom. The predicted molar refractivity (Wildman–Crippen MR) is 101 cm³/mol. The number of ether oxygens (including phenoxy) is 2. The first-order chi connectivity index (χ1) is 12.8. The normalized spacial score (nSPS) is 14.8. The molecule has 0 saturated carbocycles. The summed E-state index contributed by atoms with van der Waals surface area (Å²) in [5, 5.41) is 0. The largest absolute Gasteiger partial charge is 0.457 e. The Labute approximate surface area is 151 Å². The summed E-state index contributed by atoms with van der Waals surface area (Å²) in [6, 6.07) is 26.7. The third-order valence-electron chi connectivity index (χ3n) is 3.94. The Morgan fingerprint density at radius 3 is 2.23 bits per heavy atom. The molecule has 3 heteroatoms. The van der Waals surface area contributed by atoms with Crippen molar-refractivity contribution in [2.24, 2.45) is 0 Å². The molecule has 4 rings (SSSR count). The summed E-state index contributed by atoms with van der Waals surface area (Å²) in [6.07, 6.45) is 3.57. The van der Waals surface area contributed by atoms with Crippen LogP contribution in [-0.4, -0.2) is 5.97 Å². The average Bonchev–Trinajstić information content (AvgIpc) is 3.04. The Kier molecular flexibility index (Phi) is 4.35. The van der Waals surface area contributed by atoms with Crippen molar-refractivity contribution in [3.05, 3.63) is 108 Å². The highest BCUT2D eigenvalue weighted by atomic mass is 16.5. The summed E-state index contributed by atoms with van der Waals surface area (Å²) in [7, 11) is 0. The van der Waals surface area contributed by atoms with Gasteiger partial charge in [0.25, 0.3) is 0 Å². The van der Waals surface area contributed by atoms with Gasteiger partial charge in [-0.15, -0.1) is 0 Å². The molecule has 0 spiro atoms. The van der Waals surface area contributed by atoms with Gasteiger partial charge in [-0.1, -0.05) is 60.7 Å². The number of esters is 1. The summed E-state index contributed by atoms with van der Waals surface area (Å²) in [5.41, 5.74) is 2.27. The second kappa shape index (κ2) is 7.11. The molecule has 0 bridgehead atoms. The van der Waals surface area contributed by atoms with Crippen LogP contribution in [0.25, 0.3) is 11.8 Å². The zero-order chi connectivity index (χ0) is 17.8. The van der Waals surface area contributed by atoms with Crippen LogP contribution in [0.5, 0.6) is 11.5 Å². The van der Waals surface area contributed by atoms with Crippen LogP contribution in [0.3, 0.4) is 0 Å². The number of benzene rings is 3. The topological polar surface area (TPSA) is 35.5 Å². The minimum atomic E-state index is -0.349. The Hall–Kier alpha value is -3.59. The van der Waals surface area contributed by atoms with E-state index >= 15 is 0 Å². The molecule has 0 aliphatic carbocycles. The van der Waals surface area contributed by atoms with Gasteiger partial charge in [0, 0.05) is 5.56 Å². The number of hydrogen-bond acceptors (Lipinski definition) is 3. The van der Waals surface area contributed by atoms with Crippen LogP contribution in [0.1, 0.15) is 11.1 Å². The molecule has 1 aliphatic heterocycles. The predicted octanol–water partition coefficient (Wildman–Crippen LogP) is 5.46. The molecule has 0 radical (unpaired) electrons. The maximum atomic E-state index is 12.2. The number of carbonyl (C=O) groups is 1. The van der Waals surface area contributed by atoms with E-state index in [9.17, 15) is 4.79 Å². The number of para-hydroxylation sites is 1. The quantitative estimate of drug-likeness (QED) is 0.467. The third kappa shape index (κ3) is 3.57. The standard InChI is InChI=1S/C23H16O3/c24-23-19(16-22(26-23)18-9-3-1-4-10-18)14-17-8-7-13-21(15-17)25-20-11-5-2-6-12-20/h1-16H/b19-14+. The molecule has 0 fully saturated rings. The first kappa shape index (κ1) is 15.9. The SMILES string of the molecule is O=C1OC(c2ccccc2)=C/C1=C\c1cccc(Oc2ccccc2)c1. The van der Waals surface area contributed by atoms with Crippen molar-refractivity contribution in [1.29, 1.82) is 0 Å². The fraction of sp³-hybridized carbons (Fsp3) is 0. The first-order valence-corrected chi connectivity index (χ1v) is 8.32. The number of rotatable bonds is 4. The lowest BCUT2D eigenvalue weighted by atomic mass is 10.1. The summed E-state index contributed by atoms with van der Waals surface area (Å²) in [5.74, 6) is 1.70. The van der Waals surface area contributed by atoms with E-state index in [1.54, 1.807) is 12.2 Å². The Balaban J connectivity index is 1.59. The zero-order valence-electron chi connectivity index (χ0n) is 14.0. The second-order valence-corrected chi connectivity index (χ2v) is 5.85. The van der Waals surface area contributed by atoms with Gasteiger partial charge in [0.2, 0.25) is 0 Å². The van der Waals surface area contributed by atoms with Crippen LogP contribution < -0.4 is 4.74 Å². The Morgan fingerprint density at radius 2 is 1.46 bits per heavy atom. The molecule has 0 aromatic heterocycles. The molecule has 1 heterocycles. The highest BCUT2D eigenvalue weighted by molar-refractivity contribution is 6.05. The van der Waals surface area contributed by atoms with Gasteiger partial charge in [-0.3, -0.25) is 0 Å². The van der Waals surface area contributed by atoms with Crippen LogP contribution >= 0.6 is 0 Å². The van der Waals surface area contributed by atoms with E-state index in [4.69, 9.17) is 9.47 Å². The van der Waals surface area contributed by atoms with Gasteiger partial charge < -0.3 is 9.47 Å². The Bertz CT molecular complexity index is 986. The average molecular weight is 340 g/mol. The van der Waals surface area contributed by atoms with E-state index in [2.05, 4.69) is 0 Å². The third-order valence-corrected chi connectivity index (χ3v) is 3.94. The van der Waals surface area contributed by atoms with Crippen LogP contribution in [0.15, 0.2) is 96.6 Å². The van der Waals surface area contributed by atoms with Gasteiger partial charge in [0.05, 0.1) is 5.57 Å². The van der Waals surface area contributed by atoms with Gasteiger partial charge in [0.15, 0.2) is 0 Å². The smallest absolute Gasteiger partial charge is 0.343 e. The van der Waals surface area contributed by atoms with Crippen molar-refractivity contribution >= 4 is 17.8 Å². The molecule has 0 amide bonds. The highest BCUT2D eigenvalue weighted by Gasteiger charge is 2.21. The van der Waals surface area contributed by atoms with Gasteiger partial charge in [-0.25, -0.2) is 4.79 Å². The lowest BCUT2D eigenvalue weighted by molar-refractivity contribution is -0.130. The molecule has 26 heavy (non-hydrogen) atoms. The maximum absolute atomic E-state index is 12.2. The fourth-order valence-electron chi connectivity index (χ4n) is 2.71. The van der Waals surface area contributed by atoms with Gasteiger partial charge in [-0.05, 0) is 42.0 Å². The van der Waals surface area contributed by atoms with E-state index in [1.165, 1.54) is 0 Å². The molecular weight excluding hydrogens is 324 g/mol. The van der Waals surface area contributed by atoms with Crippen molar-refractivity contribution < 1.29 is 14.3 Å². The molecule has 3 aromatic carbocycles. The molecular formula is C23H16O3. The summed E-state index contributed by atoms with van der Waals surface area (Å²) in [4.78, 5) is 12.2. The molecule has 0 N–H and O–H groups in total. The van der Waals surface area contributed by atoms with Gasteiger partial charge in [-0.2, -0.15) is 0 Å². The van der Waals surface area contributed by atoms with Crippen LogP contribution in [0.2, 0.25) is 0 Å². The fourth-order valence-corrected chi connectivity index (χ4v) is 2.71. The molecule has 0 saturated heterocycles. The summed E-state index contributed by atoms with van der Waals surface area (Å²) >= 11 is 0. The van der Waals surface area contributed by atoms with Crippen molar-refractivity contribution in [1.82, 2.24) is 0 Å². The van der Waals surface area contributed by atoms with E-state index in [0.29, 0.717) is 17.1 Å². The van der Waals surface area contributed by atoms with Gasteiger partial charge in [0.1, 0.15) is 17.3 Å². The molecule has 0 atom stereocenters. The monoisotopic (exact) mass is 340 g/mol. The van der Waals surface area contributed by atoms with E-state index in [0.717, 1.165) is 16.9 Å². The summed E-state index contributed by atoms with van der Waals surface area (Å²) < 4.78 is 11.2. The molecule has 126 valence electrons. The van der Waals surface area contributed by atoms with Crippen molar-refractivity contribution in [2.75, 3.05) is 0 Å². The highest BCUT2D eigenvalue weighted by Crippen LogP contribution is 2.28. The van der Waals surface area contributed by atoms with E-state index in [-0.39, 0.29) is 5.97 Å². The first-order valence-electron chi connectivity index (χ1n) is 8.32. The van der Waals surface area contributed by atoms with Crippen molar-refractivity contribution in [2.45, 2.75) is 0 Å². The molecule has 3 nitrogen and oxygen atoms in total. The van der Waals surface area contributed by atoms with Crippen LogP contribution in [-0.2, 0) is 9.53 Å². The van der Waals surface area contributed by atoms with Crippen molar-refractivity contribution in [3.63, 3.8) is 0 Å². The minimum absolute atomic E-state index is 0.349. The lowest BCUT2D eigenvalue weighted by Crippen LogP contribution is -1.97. The van der Waals surface area contributed by atoms with E-state index in [1.807, 2.05) is 84.9 Å². The zero-order valence-corrected chi connectivity index (χ0v) is 14.0. The van der Waals surface area contributed by atoms with Gasteiger partial charge >= 0.3 is 5.97 Å². The lowest BCUT2D eigenvalue weighted by Gasteiger charge is -2.06. The second-order valence-electron chi connectivity index (χ2n) is 5.85. The van der Waals surface area contributed by atoms with E-state index < -0.39 is 0 Å². The van der Waals surface area contributed by atoms with Crippen LogP contribution in [0, 0.1) is 0 Å². The maximum Gasteiger partial charge on any atom is 0.343 e. The number of carbonyl (C=O) groups excluding carboxylic acids is 1. The molecule has 0 unspecified atom stereocenters. The number of cyclic esters (lactones) is 1. The minimum Gasteiger partial charge on any atom is -0.457 e. The molecule has 1 aliphatic rings. The number of hydrogen-bond donors (Lipinski definition) is 0. The molecule has 3 aromatic rings. The summed E-state index contributed by atoms with van der Waals surface area (Å²) in [6.45, 7) is 0. The van der Waals surface area contributed by atoms with Crippen molar-refractivity contribution in [3.8, 4) is 11.5 Å². The van der Waals surface area contributed by atoms with Crippen LogP contribution in [0.4, 0.5) is 0 Å².